The predicted molar refractivity (Wildman–Crippen MR) is 96.1 cm³/mol. The van der Waals surface area contributed by atoms with Crippen LogP contribution in [0.2, 0.25) is 0 Å². The number of amides is 2. The molecular formula is C19H18N2O4. The van der Waals surface area contributed by atoms with Crippen LogP contribution in [0, 0.1) is 0 Å². The summed E-state index contributed by atoms with van der Waals surface area (Å²) in [4.78, 5) is 24.1. The van der Waals surface area contributed by atoms with Crippen LogP contribution in [0.15, 0.2) is 52.9 Å². The van der Waals surface area contributed by atoms with Crippen LogP contribution >= 0.6 is 0 Å². The van der Waals surface area contributed by atoms with Crippen molar-refractivity contribution in [1.82, 2.24) is 0 Å². The molecule has 25 heavy (non-hydrogen) atoms. The van der Waals surface area contributed by atoms with Crippen LogP contribution in [-0.4, -0.2) is 18.4 Å². The first-order valence-corrected chi connectivity index (χ1v) is 7.92. The smallest absolute Gasteiger partial charge is 0.293 e. The maximum absolute atomic E-state index is 12.6. The van der Waals surface area contributed by atoms with Gasteiger partial charge in [-0.3, -0.25) is 9.59 Å². The molecule has 2 amide bonds. The lowest BCUT2D eigenvalue weighted by molar-refractivity contribution is -0.114. The predicted octanol–water partition coefficient (Wildman–Crippen LogP) is 4.04. The summed E-state index contributed by atoms with van der Waals surface area (Å²) in [6, 6.07) is 14.2. The standard InChI is InChI=1S/C19H18N2O4/c1-3-24-14-10-8-13(9-11-14)21-19(23)18-17(20-12(2)22)15-6-4-5-7-16(15)25-18/h4-11H,3H2,1-2H3,(H,20,22)(H,21,23). The number of benzene rings is 2. The molecule has 0 aliphatic heterocycles. The fraction of sp³-hybridized carbons (Fsp3) is 0.158. The molecule has 6 heteroatoms. The van der Waals surface area contributed by atoms with Crippen LogP contribution in [0.3, 0.4) is 0 Å². The number of fused-ring (bicyclic) bond motifs is 1. The molecule has 2 N–H and O–H groups in total. The Morgan fingerprint density at radius 2 is 1.76 bits per heavy atom. The van der Waals surface area contributed by atoms with E-state index in [2.05, 4.69) is 10.6 Å². The van der Waals surface area contributed by atoms with E-state index in [9.17, 15) is 9.59 Å². The molecule has 0 radical (unpaired) electrons. The van der Waals surface area contributed by atoms with Crippen LogP contribution in [-0.2, 0) is 4.79 Å². The molecule has 3 rings (SSSR count). The molecule has 0 spiro atoms. The molecular weight excluding hydrogens is 320 g/mol. The quantitative estimate of drug-likeness (QED) is 0.735. The topological polar surface area (TPSA) is 80.6 Å². The third kappa shape index (κ3) is 3.63. The van der Waals surface area contributed by atoms with Gasteiger partial charge in [0.15, 0.2) is 0 Å². The number of rotatable bonds is 5. The van der Waals surface area contributed by atoms with Crippen molar-refractivity contribution in [2.24, 2.45) is 0 Å². The molecule has 0 fully saturated rings. The summed E-state index contributed by atoms with van der Waals surface area (Å²) < 4.78 is 11.0. The number of anilines is 2. The minimum absolute atomic E-state index is 0.0604. The second-order valence-corrected chi connectivity index (χ2v) is 5.40. The number of para-hydroxylation sites is 1. The number of hydrogen-bond donors (Lipinski definition) is 2. The maximum Gasteiger partial charge on any atom is 0.293 e. The van der Waals surface area contributed by atoms with Crippen molar-refractivity contribution in [3.63, 3.8) is 0 Å². The van der Waals surface area contributed by atoms with Gasteiger partial charge in [0.2, 0.25) is 11.7 Å². The van der Waals surface area contributed by atoms with E-state index in [1.807, 2.05) is 13.0 Å². The number of ether oxygens (including phenoxy) is 1. The number of carbonyl (C=O) groups is 2. The molecule has 0 aliphatic rings. The highest BCUT2D eigenvalue weighted by Crippen LogP contribution is 2.31. The lowest BCUT2D eigenvalue weighted by atomic mass is 10.2. The summed E-state index contributed by atoms with van der Waals surface area (Å²) in [5.74, 6) is 0.0687. The second kappa shape index (κ2) is 7.09. The van der Waals surface area contributed by atoms with E-state index in [1.165, 1.54) is 6.92 Å². The molecule has 1 heterocycles. The Morgan fingerprint density at radius 1 is 1.04 bits per heavy atom. The molecule has 0 saturated heterocycles. The van der Waals surface area contributed by atoms with Crippen LogP contribution in [0.4, 0.5) is 11.4 Å². The molecule has 2 aromatic carbocycles. The second-order valence-electron chi connectivity index (χ2n) is 5.40. The normalized spacial score (nSPS) is 10.5. The van der Waals surface area contributed by atoms with Crippen LogP contribution in [0.25, 0.3) is 11.0 Å². The van der Waals surface area contributed by atoms with E-state index >= 15 is 0 Å². The Bertz CT molecular complexity index is 913. The van der Waals surface area contributed by atoms with Gasteiger partial charge in [-0.2, -0.15) is 0 Å². The minimum Gasteiger partial charge on any atom is -0.494 e. The van der Waals surface area contributed by atoms with Gasteiger partial charge in [0.25, 0.3) is 5.91 Å². The molecule has 128 valence electrons. The first-order chi connectivity index (χ1) is 12.1. The molecule has 0 aliphatic carbocycles. The largest absolute Gasteiger partial charge is 0.494 e. The average molecular weight is 338 g/mol. The van der Waals surface area contributed by atoms with Gasteiger partial charge in [-0.05, 0) is 43.3 Å². The van der Waals surface area contributed by atoms with E-state index in [1.54, 1.807) is 42.5 Å². The van der Waals surface area contributed by atoms with E-state index < -0.39 is 5.91 Å². The van der Waals surface area contributed by atoms with Gasteiger partial charge in [0, 0.05) is 18.0 Å². The Morgan fingerprint density at radius 3 is 2.44 bits per heavy atom. The number of nitrogens with one attached hydrogen (secondary N) is 2. The van der Waals surface area contributed by atoms with Gasteiger partial charge in [0.05, 0.1) is 6.61 Å². The Hall–Kier alpha value is -3.28. The summed E-state index contributed by atoms with van der Waals surface area (Å²) in [5, 5.41) is 6.11. The molecule has 0 bridgehead atoms. The summed E-state index contributed by atoms with van der Waals surface area (Å²) >= 11 is 0. The van der Waals surface area contributed by atoms with Crippen LogP contribution < -0.4 is 15.4 Å². The van der Waals surface area contributed by atoms with E-state index in [4.69, 9.17) is 9.15 Å². The van der Waals surface area contributed by atoms with Crippen LogP contribution in [0.5, 0.6) is 5.75 Å². The number of furan rings is 1. The molecule has 0 saturated carbocycles. The van der Waals surface area contributed by atoms with Crippen molar-refractivity contribution in [2.45, 2.75) is 13.8 Å². The van der Waals surface area contributed by atoms with Crippen molar-refractivity contribution in [1.29, 1.82) is 0 Å². The fourth-order valence-corrected chi connectivity index (χ4v) is 2.49. The van der Waals surface area contributed by atoms with Crippen molar-refractivity contribution >= 4 is 34.2 Å². The van der Waals surface area contributed by atoms with Gasteiger partial charge < -0.3 is 19.8 Å². The Balaban J connectivity index is 1.89. The van der Waals surface area contributed by atoms with Gasteiger partial charge in [-0.25, -0.2) is 0 Å². The third-order valence-electron chi connectivity index (χ3n) is 3.53. The van der Waals surface area contributed by atoms with Crippen molar-refractivity contribution in [2.75, 3.05) is 17.2 Å². The van der Waals surface area contributed by atoms with Crippen molar-refractivity contribution in [3.8, 4) is 5.75 Å². The Kier molecular flexibility index (Phi) is 4.70. The first-order valence-electron chi connectivity index (χ1n) is 7.92. The van der Waals surface area contributed by atoms with Gasteiger partial charge in [0.1, 0.15) is 17.0 Å². The molecule has 6 nitrogen and oxygen atoms in total. The maximum atomic E-state index is 12.6. The van der Waals surface area contributed by atoms with E-state index in [-0.39, 0.29) is 11.7 Å². The summed E-state index contributed by atoms with van der Waals surface area (Å²) in [6.45, 7) is 3.86. The van der Waals surface area contributed by atoms with Gasteiger partial charge in [-0.15, -0.1) is 0 Å². The first kappa shape index (κ1) is 16.6. The third-order valence-corrected chi connectivity index (χ3v) is 3.53. The van der Waals surface area contributed by atoms with E-state index in [0.717, 1.165) is 5.75 Å². The highest BCUT2D eigenvalue weighted by molar-refractivity contribution is 6.14. The zero-order valence-electron chi connectivity index (χ0n) is 14.0. The fourth-order valence-electron chi connectivity index (χ4n) is 2.49. The monoisotopic (exact) mass is 338 g/mol. The molecule has 0 atom stereocenters. The average Bonchev–Trinajstić information content (AvgIpc) is 2.95. The molecule has 1 aromatic heterocycles. The zero-order chi connectivity index (χ0) is 17.8. The lowest BCUT2D eigenvalue weighted by Gasteiger charge is -2.07. The molecule has 0 unspecified atom stereocenters. The highest BCUT2D eigenvalue weighted by Gasteiger charge is 2.21. The van der Waals surface area contributed by atoms with Gasteiger partial charge >= 0.3 is 0 Å². The molecule has 3 aromatic rings. The van der Waals surface area contributed by atoms with Crippen molar-refractivity contribution < 1.29 is 18.7 Å². The number of hydrogen-bond acceptors (Lipinski definition) is 4. The summed E-state index contributed by atoms with van der Waals surface area (Å²) in [5.41, 5.74) is 1.50. The zero-order valence-corrected chi connectivity index (χ0v) is 14.0. The summed E-state index contributed by atoms with van der Waals surface area (Å²) in [6.07, 6.45) is 0. The lowest BCUT2D eigenvalue weighted by Crippen LogP contribution is -2.15. The SMILES string of the molecule is CCOc1ccc(NC(=O)c2oc3ccccc3c2NC(C)=O)cc1. The van der Waals surface area contributed by atoms with E-state index in [0.29, 0.717) is 29.0 Å². The van der Waals surface area contributed by atoms with Gasteiger partial charge in [-0.1, -0.05) is 12.1 Å². The highest BCUT2D eigenvalue weighted by atomic mass is 16.5. The van der Waals surface area contributed by atoms with Crippen molar-refractivity contribution in [3.05, 3.63) is 54.3 Å². The van der Waals surface area contributed by atoms with Crippen LogP contribution in [0.1, 0.15) is 24.4 Å². The number of carbonyl (C=O) groups excluding carboxylic acids is 2. The Labute approximate surface area is 144 Å². The minimum atomic E-state index is -0.441. The summed E-state index contributed by atoms with van der Waals surface area (Å²) in [7, 11) is 0.